The highest BCUT2D eigenvalue weighted by Crippen LogP contribution is 2.16. The molecule has 1 fully saturated rings. The monoisotopic (exact) mass is 394 g/mol. The van der Waals surface area contributed by atoms with Gasteiger partial charge in [0.2, 0.25) is 5.91 Å². The third-order valence-electron chi connectivity index (χ3n) is 4.28. The highest BCUT2D eigenvalue weighted by molar-refractivity contribution is 6.45. The SMILES string of the molecule is CNC(=O)c1ccc(NC(=O)CN2C(=O)C(=O)N(Cc3ccccc3)C2=O)cc1. The van der Waals surface area contributed by atoms with E-state index >= 15 is 0 Å². The molecule has 1 aliphatic rings. The molecule has 0 radical (unpaired) electrons. The van der Waals surface area contributed by atoms with Crippen molar-refractivity contribution >= 4 is 35.3 Å². The summed E-state index contributed by atoms with van der Waals surface area (Å²) in [5.41, 5.74) is 1.48. The summed E-state index contributed by atoms with van der Waals surface area (Å²) in [6.45, 7) is -0.644. The van der Waals surface area contributed by atoms with Gasteiger partial charge < -0.3 is 10.6 Å². The van der Waals surface area contributed by atoms with Crippen molar-refractivity contribution in [3.63, 3.8) is 0 Å². The third kappa shape index (κ3) is 4.29. The zero-order valence-electron chi connectivity index (χ0n) is 15.5. The Morgan fingerprint density at radius 3 is 2.10 bits per heavy atom. The van der Waals surface area contributed by atoms with Crippen molar-refractivity contribution in [2.75, 3.05) is 18.9 Å². The van der Waals surface area contributed by atoms with E-state index in [2.05, 4.69) is 10.6 Å². The Hall–Kier alpha value is -4.01. The van der Waals surface area contributed by atoms with E-state index in [4.69, 9.17) is 0 Å². The first-order chi connectivity index (χ1) is 13.9. The summed E-state index contributed by atoms with van der Waals surface area (Å²) in [5, 5.41) is 5.01. The number of hydrogen-bond donors (Lipinski definition) is 2. The second kappa shape index (κ2) is 8.34. The minimum atomic E-state index is -1.05. The smallest absolute Gasteiger partial charge is 0.335 e. The van der Waals surface area contributed by atoms with Gasteiger partial charge >= 0.3 is 17.8 Å². The Bertz CT molecular complexity index is 972. The fraction of sp³-hybridized carbons (Fsp3) is 0.150. The molecular formula is C20H18N4O5. The summed E-state index contributed by atoms with van der Waals surface area (Å²) in [7, 11) is 1.50. The highest BCUT2D eigenvalue weighted by Gasteiger charge is 2.45. The summed E-state index contributed by atoms with van der Waals surface area (Å²) in [6.07, 6.45) is 0. The number of urea groups is 1. The number of hydrogen-bond acceptors (Lipinski definition) is 5. The van der Waals surface area contributed by atoms with Crippen molar-refractivity contribution in [2.45, 2.75) is 6.54 Å². The molecule has 0 aromatic heterocycles. The molecule has 148 valence electrons. The second-order valence-corrected chi connectivity index (χ2v) is 6.26. The molecule has 1 saturated heterocycles. The van der Waals surface area contributed by atoms with Crippen LogP contribution >= 0.6 is 0 Å². The molecule has 2 N–H and O–H groups in total. The Morgan fingerprint density at radius 2 is 1.48 bits per heavy atom. The van der Waals surface area contributed by atoms with Gasteiger partial charge in [-0.1, -0.05) is 30.3 Å². The largest absolute Gasteiger partial charge is 0.355 e. The van der Waals surface area contributed by atoms with Gasteiger partial charge in [-0.15, -0.1) is 0 Å². The summed E-state index contributed by atoms with van der Waals surface area (Å²) in [6, 6.07) is 14.0. The molecule has 3 rings (SSSR count). The lowest BCUT2D eigenvalue weighted by molar-refractivity contribution is -0.143. The maximum Gasteiger partial charge on any atom is 0.335 e. The van der Waals surface area contributed by atoms with Gasteiger partial charge in [0.15, 0.2) is 0 Å². The molecule has 1 heterocycles. The Morgan fingerprint density at radius 1 is 0.862 bits per heavy atom. The van der Waals surface area contributed by atoms with E-state index in [1.54, 1.807) is 30.3 Å². The van der Waals surface area contributed by atoms with Crippen molar-refractivity contribution in [1.29, 1.82) is 0 Å². The lowest BCUT2D eigenvalue weighted by atomic mass is 10.2. The maximum atomic E-state index is 12.5. The van der Waals surface area contributed by atoms with Crippen LogP contribution in [-0.4, -0.2) is 53.1 Å². The number of nitrogens with one attached hydrogen (secondary N) is 2. The zero-order valence-corrected chi connectivity index (χ0v) is 15.5. The molecule has 1 aliphatic heterocycles. The van der Waals surface area contributed by atoms with Crippen LogP contribution in [0.25, 0.3) is 0 Å². The molecule has 0 saturated carbocycles. The first-order valence-corrected chi connectivity index (χ1v) is 8.74. The average Bonchev–Trinajstić information content (AvgIpc) is 2.92. The standard InChI is InChI=1S/C20H18N4O5/c1-21-17(26)14-7-9-15(10-8-14)22-16(25)12-24-19(28)18(27)23(20(24)29)11-13-5-3-2-4-6-13/h2-10H,11-12H2,1H3,(H,21,26)(H,22,25). The van der Waals surface area contributed by atoms with Gasteiger partial charge in [0, 0.05) is 18.3 Å². The van der Waals surface area contributed by atoms with Crippen molar-refractivity contribution in [1.82, 2.24) is 15.1 Å². The highest BCUT2D eigenvalue weighted by atomic mass is 16.2. The number of carbonyl (C=O) groups is 5. The number of imide groups is 2. The van der Waals surface area contributed by atoms with Gasteiger partial charge in [0.05, 0.1) is 6.54 Å². The number of nitrogens with zero attached hydrogens (tertiary/aromatic N) is 2. The van der Waals surface area contributed by atoms with E-state index in [0.717, 1.165) is 4.90 Å². The minimum absolute atomic E-state index is 0.0523. The molecular weight excluding hydrogens is 376 g/mol. The van der Waals surface area contributed by atoms with Gasteiger partial charge in [0.1, 0.15) is 6.54 Å². The van der Waals surface area contributed by atoms with Crippen LogP contribution in [0.3, 0.4) is 0 Å². The minimum Gasteiger partial charge on any atom is -0.355 e. The normalized spacial score (nSPS) is 13.6. The van der Waals surface area contributed by atoms with E-state index in [1.807, 2.05) is 0 Å². The number of rotatable bonds is 6. The van der Waals surface area contributed by atoms with Gasteiger partial charge in [-0.25, -0.2) is 9.69 Å². The summed E-state index contributed by atoms with van der Waals surface area (Å²) in [4.78, 5) is 61.9. The zero-order chi connectivity index (χ0) is 21.0. The number of carbonyl (C=O) groups excluding carboxylic acids is 5. The first-order valence-electron chi connectivity index (χ1n) is 8.74. The van der Waals surface area contributed by atoms with E-state index in [-0.39, 0.29) is 12.5 Å². The van der Waals surface area contributed by atoms with E-state index in [9.17, 15) is 24.0 Å². The summed E-state index contributed by atoms with van der Waals surface area (Å²) in [5.74, 6) is -2.93. The van der Waals surface area contributed by atoms with Crippen LogP contribution in [0.2, 0.25) is 0 Å². The van der Waals surface area contributed by atoms with Crippen molar-refractivity contribution in [3.05, 3.63) is 65.7 Å². The predicted molar refractivity (Wildman–Crippen MR) is 103 cm³/mol. The maximum absolute atomic E-state index is 12.5. The number of amides is 6. The molecule has 0 bridgehead atoms. The fourth-order valence-corrected chi connectivity index (χ4v) is 2.79. The fourth-order valence-electron chi connectivity index (χ4n) is 2.79. The Kier molecular flexibility index (Phi) is 5.68. The van der Waals surface area contributed by atoms with Gasteiger partial charge in [-0.3, -0.25) is 24.1 Å². The van der Waals surface area contributed by atoms with Crippen LogP contribution in [0, 0.1) is 0 Å². The summed E-state index contributed by atoms with van der Waals surface area (Å²) < 4.78 is 0. The molecule has 2 aromatic rings. The molecule has 6 amide bonds. The quantitative estimate of drug-likeness (QED) is 0.560. The summed E-state index contributed by atoms with van der Waals surface area (Å²) >= 11 is 0. The molecule has 29 heavy (non-hydrogen) atoms. The Labute approximate surface area is 166 Å². The van der Waals surface area contributed by atoms with E-state index in [1.165, 1.54) is 31.3 Å². The number of benzene rings is 2. The van der Waals surface area contributed by atoms with Crippen molar-refractivity contribution in [3.8, 4) is 0 Å². The first kappa shape index (κ1) is 19.7. The van der Waals surface area contributed by atoms with Crippen LogP contribution < -0.4 is 10.6 Å². The van der Waals surface area contributed by atoms with Crippen LogP contribution in [0.15, 0.2) is 54.6 Å². The van der Waals surface area contributed by atoms with Crippen LogP contribution in [-0.2, 0) is 20.9 Å². The predicted octanol–water partition coefficient (Wildman–Crippen LogP) is 0.976. The van der Waals surface area contributed by atoms with Crippen LogP contribution in [0.5, 0.6) is 0 Å². The van der Waals surface area contributed by atoms with Gasteiger partial charge in [0.25, 0.3) is 5.91 Å². The van der Waals surface area contributed by atoms with Crippen molar-refractivity contribution < 1.29 is 24.0 Å². The molecule has 9 nitrogen and oxygen atoms in total. The third-order valence-corrected chi connectivity index (χ3v) is 4.28. The van der Waals surface area contributed by atoms with E-state index < -0.39 is 30.3 Å². The van der Waals surface area contributed by atoms with Crippen LogP contribution in [0.1, 0.15) is 15.9 Å². The molecule has 0 unspecified atom stereocenters. The molecule has 0 aliphatic carbocycles. The lowest BCUT2D eigenvalue weighted by Crippen LogP contribution is -2.38. The number of anilines is 1. The molecule has 0 spiro atoms. The topological polar surface area (TPSA) is 116 Å². The van der Waals surface area contributed by atoms with Crippen molar-refractivity contribution in [2.24, 2.45) is 0 Å². The van der Waals surface area contributed by atoms with Crippen LogP contribution in [0.4, 0.5) is 10.5 Å². The second-order valence-electron chi connectivity index (χ2n) is 6.26. The van der Waals surface area contributed by atoms with Gasteiger partial charge in [-0.2, -0.15) is 0 Å². The molecule has 0 atom stereocenters. The lowest BCUT2D eigenvalue weighted by Gasteiger charge is -2.15. The average molecular weight is 394 g/mol. The Balaban J connectivity index is 1.64. The van der Waals surface area contributed by atoms with Gasteiger partial charge in [-0.05, 0) is 29.8 Å². The van der Waals surface area contributed by atoms with E-state index in [0.29, 0.717) is 21.7 Å². The molecule has 2 aromatic carbocycles. The molecule has 9 heteroatoms.